The van der Waals surface area contributed by atoms with Crippen LogP contribution < -0.4 is 4.74 Å². The average molecular weight is 363 g/mol. The van der Waals surface area contributed by atoms with Gasteiger partial charge in [0.1, 0.15) is 11.4 Å². The summed E-state index contributed by atoms with van der Waals surface area (Å²) in [6.07, 6.45) is 1.09. The molecule has 2 atom stereocenters. The van der Waals surface area contributed by atoms with Gasteiger partial charge in [0.05, 0.1) is 26.9 Å². The van der Waals surface area contributed by atoms with Crippen molar-refractivity contribution < 1.29 is 14.2 Å². The van der Waals surface area contributed by atoms with E-state index in [1.54, 1.807) is 7.11 Å². The zero-order valence-corrected chi connectivity index (χ0v) is 16.7. The molecule has 2 fully saturated rings. The Morgan fingerprint density at radius 2 is 2.08 bits per heavy atom. The monoisotopic (exact) mass is 362 g/mol. The van der Waals surface area contributed by atoms with Crippen LogP contribution in [0.5, 0.6) is 5.75 Å². The average Bonchev–Trinajstić information content (AvgIpc) is 2.90. The highest BCUT2D eigenvalue weighted by Crippen LogP contribution is 2.33. The second kappa shape index (κ2) is 8.70. The number of nitrogens with zero attached hydrogens (tertiary/aromatic N) is 2. The van der Waals surface area contributed by atoms with Gasteiger partial charge < -0.3 is 19.1 Å². The highest BCUT2D eigenvalue weighted by atomic mass is 16.5. The summed E-state index contributed by atoms with van der Waals surface area (Å²) >= 11 is 0. The van der Waals surface area contributed by atoms with Gasteiger partial charge in [-0.25, -0.2) is 0 Å². The van der Waals surface area contributed by atoms with Crippen molar-refractivity contribution >= 4 is 0 Å². The van der Waals surface area contributed by atoms with Crippen LogP contribution in [0, 0.1) is 5.92 Å². The summed E-state index contributed by atoms with van der Waals surface area (Å²) in [7, 11) is 3.91. The molecule has 146 valence electrons. The van der Waals surface area contributed by atoms with E-state index >= 15 is 0 Å². The molecule has 0 saturated carbocycles. The predicted octanol–water partition coefficient (Wildman–Crippen LogP) is 2.64. The van der Waals surface area contributed by atoms with Crippen molar-refractivity contribution in [3.8, 4) is 5.75 Å². The molecule has 0 N–H and O–H groups in total. The maximum atomic E-state index is 6.35. The van der Waals surface area contributed by atoms with E-state index in [-0.39, 0.29) is 5.60 Å². The van der Waals surface area contributed by atoms with Gasteiger partial charge >= 0.3 is 0 Å². The molecule has 2 saturated heterocycles. The third kappa shape index (κ3) is 4.97. The second-order valence-electron chi connectivity index (χ2n) is 8.21. The first kappa shape index (κ1) is 19.6. The van der Waals surface area contributed by atoms with Crippen molar-refractivity contribution in [3.05, 3.63) is 29.8 Å². The largest absolute Gasteiger partial charge is 0.497 e. The lowest BCUT2D eigenvalue weighted by Gasteiger charge is -2.31. The van der Waals surface area contributed by atoms with Crippen molar-refractivity contribution in [1.29, 1.82) is 0 Å². The summed E-state index contributed by atoms with van der Waals surface area (Å²) in [6.45, 7) is 10.7. The molecule has 1 spiro atoms. The molecule has 1 aromatic rings. The minimum absolute atomic E-state index is 0.147. The van der Waals surface area contributed by atoms with E-state index < -0.39 is 0 Å². The van der Waals surface area contributed by atoms with E-state index in [1.807, 2.05) is 12.1 Å². The molecule has 0 bridgehead atoms. The lowest BCUT2D eigenvalue weighted by Crippen LogP contribution is -2.44. The maximum Gasteiger partial charge on any atom is 0.118 e. The van der Waals surface area contributed by atoms with Crippen LogP contribution in [-0.2, 0) is 16.0 Å². The van der Waals surface area contributed by atoms with E-state index in [4.69, 9.17) is 14.2 Å². The zero-order valence-electron chi connectivity index (χ0n) is 16.7. The third-order valence-electron chi connectivity index (χ3n) is 5.71. The Balaban J connectivity index is 1.60. The van der Waals surface area contributed by atoms with Crippen LogP contribution in [0.4, 0.5) is 0 Å². The van der Waals surface area contributed by atoms with E-state index in [0.717, 1.165) is 51.6 Å². The van der Waals surface area contributed by atoms with Gasteiger partial charge in [-0.3, -0.25) is 4.90 Å². The number of hydrogen-bond acceptors (Lipinski definition) is 5. The minimum atomic E-state index is -0.147. The first-order valence-electron chi connectivity index (χ1n) is 9.77. The first-order valence-corrected chi connectivity index (χ1v) is 9.77. The van der Waals surface area contributed by atoms with Gasteiger partial charge in [-0.05, 0) is 50.9 Å². The summed E-state index contributed by atoms with van der Waals surface area (Å²) in [5.41, 5.74) is 1.16. The molecule has 26 heavy (non-hydrogen) atoms. The van der Waals surface area contributed by atoms with Gasteiger partial charge in [0.25, 0.3) is 0 Å². The van der Waals surface area contributed by atoms with Crippen LogP contribution in [0.2, 0.25) is 0 Å². The van der Waals surface area contributed by atoms with Crippen molar-refractivity contribution in [2.75, 3.05) is 53.6 Å². The van der Waals surface area contributed by atoms with Crippen molar-refractivity contribution in [1.82, 2.24) is 9.80 Å². The Morgan fingerprint density at radius 1 is 1.31 bits per heavy atom. The zero-order chi connectivity index (χ0) is 18.6. The van der Waals surface area contributed by atoms with Crippen molar-refractivity contribution in [2.45, 2.75) is 38.5 Å². The number of rotatable bonds is 6. The second-order valence-corrected chi connectivity index (χ2v) is 8.21. The molecule has 0 radical (unpaired) electrons. The topological polar surface area (TPSA) is 34.2 Å². The molecular weight excluding hydrogens is 328 g/mol. The lowest BCUT2D eigenvalue weighted by atomic mass is 9.93. The maximum absolute atomic E-state index is 6.35. The summed E-state index contributed by atoms with van der Waals surface area (Å²) < 4.78 is 17.5. The quantitative estimate of drug-likeness (QED) is 0.777. The smallest absolute Gasteiger partial charge is 0.118 e. The van der Waals surface area contributed by atoms with Crippen LogP contribution in [0.1, 0.15) is 25.8 Å². The number of ether oxygens (including phenoxy) is 3. The fourth-order valence-corrected chi connectivity index (χ4v) is 3.99. The van der Waals surface area contributed by atoms with Crippen molar-refractivity contribution in [2.24, 2.45) is 5.92 Å². The molecular formula is C21H34N2O3. The fourth-order valence-electron chi connectivity index (χ4n) is 3.99. The van der Waals surface area contributed by atoms with Crippen LogP contribution in [0.25, 0.3) is 0 Å². The Hall–Kier alpha value is -1.14. The molecule has 3 rings (SSSR count). The van der Waals surface area contributed by atoms with Crippen molar-refractivity contribution in [3.63, 3.8) is 0 Å². The van der Waals surface area contributed by atoms with Crippen LogP contribution in [0.15, 0.2) is 24.3 Å². The highest BCUT2D eigenvalue weighted by Gasteiger charge is 2.43. The standard InChI is InChI=1S/C21H34N2O3/c1-17(2)22(3)12-19-11-21(26-14-19)15-23(9-10-25-16-21)13-18-5-7-20(24-4)8-6-18/h5-8,17,19H,9-16H2,1-4H3/t19-,21-/m1/s1. The molecule has 0 aliphatic carbocycles. The number of hydrogen-bond donors (Lipinski definition) is 0. The van der Waals surface area contributed by atoms with Crippen LogP contribution in [0.3, 0.4) is 0 Å². The lowest BCUT2D eigenvalue weighted by molar-refractivity contribution is -0.0563. The van der Waals surface area contributed by atoms with Gasteiger partial charge in [0, 0.05) is 32.2 Å². The Labute approximate surface area is 158 Å². The van der Waals surface area contributed by atoms with Crippen LogP contribution >= 0.6 is 0 Å². The Bertz CT molecular complexity index is 563. The van der Waals surface area contributed by atoms with Gasteiger partial charge in [0.15, 0.2) is 0 Å². The molecule has 5 heteroatoms. The molecule has 2 aliphatic rings. The van der Waals surface area contributed by atoms with Gasteiger partial charge in [-0.2, -0.15) is 0 Å². The van der Waals surface area contributed by atoms with E-state index in [9.17, 15) is 0 Å². The number of benzene rings is 1. The molecule has 1 aromatic carbocycles. The Kier molecular flexibility index (Phi) is 6.56. The summed E-state index contributed by atoms with van der Waals surface area (Å²) in [5, 5.41) is 0. The van der Waals surface area contributed by atoms with Gasteiger partial charge in [-0.15, -0.1) is 0 Å². The predicted molar refractivity (Wildman–Crippen MR) is 104 cm³/mol. The SMILES string of the molecule is COc1ccc(CN2CCOC[C@@]3(C[C@H](CN(C)C(C)C)CO3)C2)cc1. The number of methoxy groups -OCH3 is 1. The van der Waals surface area contributed by atoms with Gasteiger partial charge in [0.2, 0.25) is 0 Å². The molecule has 0 aromatic heterocycles. The van der Waals surface area contributed by atoms with Gasteiger partial charge in [-0.1, -0.05) is 12.1 Å². The first-order chi connectivity index (χ1) is 12.5. The van der Waals surface area contributed by atoms with E-state index in [0.29, 0.717) is 18.6 Å². The highest BCUT2D eigenvalue weighted by molar-refractivity contribution is 5.27. The normalized spacial score (nSPS) is 27.4. The molecule has 2 heterocycles. The Morgan fingerprint density at radius 3 is 2.77 bits per heavy atom. The van der Waals surface area contributed by atoms with E-state index in [1.165, 1.54) is 5.56 Å². The molecule has 0 unspecified atom stereocenters. The van der Waals surface area contributed by atoms with Crippen LogP contribution in [-0.4, -0.2) is 75.1 Å². The molecule has 0 amide bonds. The third-order valence-corrected chi connectivity index (χ3v) is 5.71. The summed E-state index contributed by atoms with van der Waals surface area (Å²) in [5.74, 6) is 1.49. The minimum Gasteiger partial charge on any atom is -0.497 e. The summed E-state index contributed by atoms with van der Waals surface area (Å²) in [6, 6.07) is 8.93. The fraction of sp³-hybridized carbons (Fsp3) is 0.714. The molecule has 2 aliphatic heterocycles. The van der Waals surface area contributed by atoms with E-state index in [2.05, 4.69) is 42.8 Å². The molecule has 5 nitrogen and oxygen atoms in total. The summed E-state index contributed by atoms with van der Waals surface area (Å²) in [4.78, 5) is 4.89.